The van der Waals surface area contributed by atoms with Gasteiger partial charge in [0.05, 0.1) is 33.6 Å². The van der Waals surface area contributed by atoms with Crippen LogP contribution in [0.4, 0.5) is 22.7 Å². The normalized spacial score (nSPS) is 13.5. The lowest BCUT2D eigenvalue weighted by Gasteiger charge is -2.25. The first-order chi connectivity index (χ1) is 28.9. The van der Waals surface area contributed by atoms with Crippen LogP contribution in [0.3, 0.4) is 0 Å². The van der Waals surface area contributed by atoms with Crippen molar-refractivity contribution in [2.75, 3.05) is 21.3 Å². The minimum Gasteiger partial charge on any atom is -0.399 e. The molecule has 7 aromatic carbocycles. The van der Waals surface area contributed by atoms with Gasteiger partial charge in [-0.15, -0.1) is 0 Å². The van der Waals surface area contributed by atoms with E-state index in [4.69, 9.17) is 11.5 Å². The molecule has 4 N–H and O–H groups in total. The molecule has 2 aliphatic rings. The molecule has 2 aliphatic heterocycles. The van der Waals surface area contributed by atoms with E-state index in [2.05, 4.69) is 58.0 Å². The summed E-state index contributed by atoms with van der Waals surface area (Å²) >= 11 is 0. The molecule has 0 aromatic heterocycles. The van der Waals surface area contributed by atoms with Gasteiger partial charge in [0.15, 0.2) is 0 Å². The largest absolute Gasteiger partial charge is 0.399 e. The number of amides is 4. The van der Waals surface area contributed by atoms with Gasteiger partial charge in [0.1, 0.15) is 0 Å². The molecule has 0 aliphatic carbocycles. The quantitative estimate of drug-likeness (QED) is 0.117. The summed E-state index contributed by atoms with van der Waals surface area (Å²) in [7, 11) is 0. The van der Waals surface area contributed by atoms with Crippen LogP contribution in [0.15, 0.2) is 146 Å². The van der Waals surface area contributed by atoms with Crippen molar-refractivity contribution in [1.29, 1.82) is 0 Å². The number of hydrogen-bond donors (Lipinski definition) is 2. The second-order valence-corrected chi connectivity index (χ2v) is 16.1. The Morgan fingerprint density at radius 2 is 0.717 bits per heavy atom. The Hall–Kier alpha value is -7.58. The van der Waals surface area contributed by atoms with Crippen LogP contribution in [0.2, 0.25) is 0 Å². The van der Waals surface area contributed by atoms with Crippen molar-refractivity contribution in [3.8, 4) is 44.5 Å². The molecule has 0 bridgehead atoms. The highest BCUT2D eigenvalue weighted by Gasteiger charge is 2.39. The highest BCUT2D eigenvalue weighted by molar-refractivity contribution is 6.35. The van der Waals surface area contributed by atoms with Gasteiger partial charge in [-0.2, -0.15) is 0 Å². The van der Waals surface area contributed by atoms with E-state index in [9.17, 15) is 19.2 Å². The second kappa shape index (κ2) is 14.7. The Morgan fingerprint density at radius 3 is 1.20 bits per heavy atom. The van der Waals surface area contributed by atoms with Crippen LogP contribution >= 0.6 is 0 Å². The summed E-state index contributed by atoms with van der Waals surface area (Å²) in [5.41, 5.74) is 25.0. The number of benzene rings is 7. The van der Waals surface area contributed by atoms with Gasteiger partial charge in [-0.25, -0.2) is 9.80 Å². The Labute approximate surface area is 348 Å². The van der Waals surface area contributed by atoms with Gasteiger partial charge in [0.2, 0.25) is 0 Å². The van der Waals surface area contributed by atoms with E-state index < -0.39 is 0 Å². The molecular weight excluding hydrogens is 745 g/mol. The average molecular weight is 787 g/mol. The third-order valence-corrected chi connectivity index (χ3v) is 11.6. The smallest absolute Gasteiger partial charge is 0.266 e. The number of imide groups is 2. The molecule has 4 amide bonds. The van der Waals surface area contributed by atoms with Crippen LogP contribution in [0, 0.1) is 0 Å². The summed E-state index contributed by atoms with van der Waals surface area (Å²) in [5, 5.41) is 0. The molecule has 7 aromatic rings. The van der Waals surface area contributed by atoms with Gasteiger partial charge in [-0.3, -0.25) is 19.2 Å². The molecule has 0 saturated carbocycles. The summed E-state index contributed by atoms with van der Waals surface area (Å²) in [6.07, 6.45) is 0. The molecule has 0 saturated heterocycles. The summed E-state index contributed by atoms with van der Waals surface area (Å²) in [6, 6.07) is 45.4. The molecule has 294 valence electrons. The van der Waals surface area contributed by atoms with Crippen molar-refractivity contribution in [1.82, 2.24) is 0 Å². The lowest BCUT2D eigenvalue weighted by molar-refractivity contribution is 0.0910. The maximum Gasteiger partial charge on any atom is 0.266 e. The van der Waals surface area contributed by atoms with Crippen molar-refractivity contribution in [2.45, 2.75) is 39.5 Å². The van der Waals surface area contributed by atoms with Crippen LogP contribution < -0.4 is 21.3 Å². The van der Waals surface area contributed by atoms with Gasteiger partial charge in [-0.1, -0.05) is 100 Å². The van der Waals surface area contributed by atoms with E-state index in [1.807, 2.05) is 78.9 Å². The van der Waals surface area contributed by atoms with Crippen molar-refractivity contribution in [2.24, 2.45) is 0 Å². The van der Waals surface area contributed by atoms with Crippen molar-refractivity contribution >= 4 is 46.4 Å². The lowest BCUT2D eigenvalue weighted by atomic mass is 9.86. The number of fused-ring (bicyclic) bond motifs is 2. The Bertz CT molecular complexity index is 2900. The number of nitrogen functional groups attached to an aromatic ring is 2. The third-order valence-electron chi connectivity index (χ3n) is 11.6. The molecule has 8 heteroatoms. The molecule has 0 unspecified atom stereocenters. The summed E-state index contributed by atoms with van der Waals surface area (Å²) in [6.45, 7) is 8.37. The van der Waals surface area contributed by atoms with Crippen LogP contribution in [-0.4, -0.2) is 23.6 Å². The minimum absolute atomic E-state index is 0.0142. The lowest BCUT2D eigenvalue weighted by Crippen LogP contribution is -2.30. The first kappa shape index (κ1) is 38.0. The monoisotopic (exact) mass is 786 g/mol. The molecule has 60 heavy (non-hydrogen) atoms. The fourth-order valence-electron chi connectivity index (χ4n) is 8.30. The number of hydrogen-bond acceptors (Lipinski definition) is 6. The summed E-state index contributed by atoms with van der Waals surface area (Å²) in [4.78, 5) is 57.8. The zero-order chi connectivity index (χ0) is 42.0. The zero-order valence-electron chi connectivity index (χ0n) is 33.7. The molecular formula is C52H42N4O4. The number of nitrogens with zero attached hydrogens (tertiary/aromatic N) is 2. The van der Waals surface area contributed by atoms with Crippen LogP contribution in [0.5, 0.6) is 0 Å². The van der Waals surface area contributed by atoms with E-state index >= 15 is 0 Å². The second-order valence-electron chi connectivity index (χ2n) is 16.1. The Morgan fingerprint density at radius 1 is 0.350 bits per heavy atom. The van der Waals surface area contributed by atoms with Crippen LogP contribution in [0.25, 0.3) is 44.5 Å². The zero-order valence-corrected chi connectivity index (χ0v) is 33.7. The van der Waals surface area contributed by atoms with Gasteiger partial charge >= 0.3 is 0 Å². The number of carbonyl (C=O) groups is 4. The van der Waals surface area contributed by atoms with E-state index in [0.717, 1.165) is 55.6 Å². The summed E-state index contributed by atoms with van der Waals surface area (Å²) < 4.78 is 0. The van der Waals surface area contributed by atoms with Crippen molar-refractivity contribution < 1.29 is 19.2 Å². The van der Waals surface area contributed by atoms with Crippen LogP contribution in [0.1, 0.15) is 92.1 Å². The first-order valence-corrected chi connectivity index (χ1v) is 20.0. The van der Waals surface area contributed by atoms with E-state index in [1.54, 1.807) is 36.4 Å². The van der Waals surface area contributed by atoms with Crippen molar-refractivity contribution in [3.05, 3.63) is 179 Å². The maximum absolute atomic E-state index is 14.1. The number of rotatable bonds is 8. The number of nitrogens with two attached hydrogens (primary N) is 2. The van der Waals surface area contributed by atoms with E-state index in [1.165, 1.54) is 9.80 Å². The molecule has 0 radical (unpaired) electrons. The molecule has 9 rings (SSSR count). The van der Waals surface area contributed by atoms with Crippen molar-refractivity contribution in [3.63, 3.8) is 0 Å². The fraction of sp³-hybridized carbons (Fsp3) is 0.115. The average Bonchev–Trinajstić information content (AvgIpc) is 3.66. The molecule has 0 spiro atoms. The Kier molecular flexibility index (Phi) is 9.28. The minimum atomic E-state index is -0.358. The highest BCUT2D eigenvalue weighted by atomic mass is 16.2. The van der Waals surface area contributed by atoms with Gasteiger partial charge in [0.25, 0.3) is 23.6 Å². The molecule has 0 fully saturated rings. The fourth-order valence-corrected chi connectivity index (χ4v) is 8.30. The van der Waals surface area contributed by atoms with Gasteiger partial charge < -0.3 is 11.5 Å². The van der Waals surface area contributed by atoms with Crippen LogP contribution in [-0.2, 0) is 0 Å². The summed E-state index contributed by atoms with van der Waals surface area (Å²) in [5.74, 6) is -1.27. The Balaban J connectivity index is 0.981. The highest BCUT2D eigenvalue weighted by Crippen LogP contribution is 2.42. The predicted molar refractivity (Wildman–Crippen MR) is 240 cm³/mol. The predicted octanol–water partition coefficient (Wildman–Crippen LogP) is 11.4. The van der Waals surface area contributed by atoms with E-state index in [0.29, 0.717) is 45.0 Å². The van der Waals surface area contributed by atoms with E-state index in [-0.39, 0.29) is 35.5 Å². The number of carbonyl (C=O) groups excluding carboxylic acids is 4. The third kappa shape index (κ3) is 6.43. The topological polar surface area (TPSA) is 127 Å². The molecule has 2 heterocycles. The standard InChI is InChI=1S/C52H42N4O4/c1-29(2)43-28-48(56-50(58)42-24-16-37(26-47(42)52(56)60)34-11-19-39(54)20-12-34)44(30(3)4)27-45(43)35-7-5-31(6-8-35)32-13-21-40(22-14-32)55-49(57)41-23-15-36(25-46(41)51(55)59)33-9-17-38(53)18-10-33/h5-30H,53-54H2,1-4H3. The first-order valence-electron chi connectivity index (χ1n) is 20.0. The molecule has 0 atom stereocenters. The SMILES string of the molecule is CC(C)c1cc(N2C(=O)c3ccc(-c4ccc(N)cc4)cc3C2=O)c(C(C)C)cc1-c1ccc(-c2ccc(N3C(=O)c4ccc(-c5ccc(N)cc5)cc4C3=O)cc2)cc1. The number of anilines is 4. The molecule has 8 nitrogen and oxygen atoms in total. The maximum atomic E-state index is 14.1. The van der Waals surface area contributed by atoms with Gasteiger partial charge in [0, 0.05) is 11.4 Å². The van der Waals surface area contributed by atoms with Gasteiger partial charge in [-0.05, 0) is 140 Å².